The van der Waals surface area contributed by atoms with E-state index in [0.717, 1.165) is 6.07 Å². The molecule has 0 radical (unpaired) electrons. The van der Waals surface area contributed by atoms with E-state index in [1.165, 1.54) is 12.1 Å². The summed E-state index contributed by atoms with van der Waals surface area (Å²) in [7, 11) is 0. The van der Waals surface area contributed by atoms with Gasteiger partial charge in [0.2, 0.25) is 6.17 Å². The zero-order valence-corrected chi connectivity index (χ0v) is 9.55. The van der Waals surface area contributed by atoms with Crippen LogP contribution in [0.25, 0.3) is 0 Å². The van der Waals surface area contributed by atoms with E-state index in [2.05, 4.69) is 20.7 Å². The highest BCUT2D eigenvalue weighted by atomic mass is 79.9. The number of carbonyl (C=O) groups is 1. The molecule has 82 valence electrons. The van der Waals surface area contributed by atoms with Crippen LogP contribution in [0.3, 0.4) is 0 Å². The lowest BCUT2D eigenvalue weighted by atomic mass is 10.1. The molecule has 0 aromatic heterocycles. The largest absolute Gasteiger partial charge is 0.464 e. The van der Waals surface area contributed by atoms with E-state index in [-0.39, 0.29) is 16.6 Å². The zero-order chi connectivity index (χ0) is 11.4. The highest BCUT2D eigenvalue weighted by Gasteiger charge is 2.21. The van der Waals surface area contributed by atoms with E-state index >= 15 is 0 Å². The number of esters is 1. The van der Waals surface area contributed by atoms with Crippen LogP contribution in [0.4, 0.5) is 8.78 Å². The third-order valence-corrected chi connectivity index (χ3v) is 2.34. The molecular weight excluding hydrogens is 270 g/mol. The average molecular weight is 279 g/mol. The Balaban J connectivity index is 2.86. The first kappa shape index (κ1) is 12.1. The van der Waals surface area contributed by atoms with E-state index in [1.54, 1.807) is 6.92 Å². The molecule has 15 heavy (non-hydrogen) atoms. The average Bonchev–Trinajstić information content (AvgIpc) is 2.21. The Hall–Kier alpha value is -0.970. The summed E-state index contributed by atoms with van der Waals surface area (Å²) in [4.78, 5) is 11.0. The minimum absolute atomic E-state index is 0.0710. The van der Waals surface area contributed by atoms with Gasteiger partial charge in [-0.3, -0.25) is 0 Å². The molecule has 1 unspecified atom stereocenters. The molecule has 1 aromatic carbocycles. The van der Waals surface area contributed by atoms with E-state index in [9.17, 15) is 13.6 Å². The first-order valence-corrected chi connectivity index (χ1v) is 5.11. The number of hydrogen-bond acceptors (Lipinski definition) is 2. The molecule has 0 fully saturated rings. The fraction of sp³-hybridized carbons (Fsp3) is 0.300. The maximum absolute atomic E-state index is 13.4. The fourth-order valence-corrected chi connectivity index (χ4v) is 1.42. The van der Waals surface area contributed by atoms with Gasteiger partial charge in [0.25, 0.3) is 0 Å². The summed E-state index contributed by atoms with van der Waals surface area (Å²) in [6, 6.07) is 3.52. The van der Waals surface area contributed by atoms with Crippen LogP contribution in [0.1, 0.15) is 18.7 Å². The van der Waals surface area contributed by atoms with Crippen LogP contribution in [0.5, 0.6) is 0 Å². The second-order valence-electron chi connectivity index (χ2n) is 2.79. The Labute approximate surface area is 94.4 Å². The molecule has 0 amide bonds. The highest BCUT2D eigenvalue weighted by Crippen LogP contribution is 2.24. The summed E-state index contributed by atoms with van der Waals surface area (Å²) in [5, 5.41) is 0. The summed E-state index contributed by atoms with van der Waals surface area (Å²) in [5.74, 6) is -1.47. The van der Waals surface area contributed by atoms with Crippen LogP contribution < -0.4 is 0 Å². The van der Waals surface area contributed by atoms with Crippen LogP contribution in [-0.4, -0.2) is 12.6 Å². The first-order chi connectivity index (χ1) is 7.06. The minimum Gasteiger partial charge on any atom is -0.464 e. The van der Waals surface area contributed by atoms with Crippen molar-refractivity contribution in [2.75, 3.05) is 6.61 Å². The van der Waals surface area contributed by atoms with Gasteiger partial charge in [0.1, 0.15) is 5.82 Å². The standard InChI is InChI=1S/C10H9BrF2O2/c1-2-15-10(14)9(13)6-3-4-8(12)7(11)5-6/h3-5,9H,2H2,1H3. The lowest BCUT2D eigenvalue weighted by Crippen LogP contribution is -2.11. The lowest BCUT2D eigenvalue weighted by molar-refractivity contribution is -0.149. The van der Waals surface area contributed by atoms with E-state index < -0.39 is 18.0 Å². The second-order valence-corrected chi connectivity index (χ2v) is 3.64. The van der Waals surface area contributed by atoms with Crippen molar-refractivity contribution >= 4 is 21.9 Å². The van der Waals surface area contributed by atoms with Crippen molar-refractivity contribution in [3.63, 3.8) is 0 Å². The maximum atomic E-state index is 13.4. The van der Waals surface area contributed by atoms with Gasteiger partial charge >= 0.3 is 5.97 Å². The first-order valence-electron chi connectivity index (χ1n) is 4.32. The summed E-state index contributed by atoms with van der Waals surface area (Å²) in [5.41, 5.74) is 0.0710. The summed E-state index contributed by atoms with van der Waals surface area (Å²) < 4.78 is 30.9. The quantitative estimate of drug-likeness (QED) is 0.794. The molecule has 0 aliphatic rings. The number of rotatable bonds is 3. The molecule has 0 saturated heterocycles. The van der Waals surface area contributed by atoms with Crippen molar-refractivity contribution in [3.05, 3.63) is 34.1 Å². The van der Waals surface area contributed by atoms with Gasteiger partial charge in [-0.15, -0.1) is 0 Å². The number of halogens is 3. The van der Waals surface area contributed by atoms with Gasteiger partial charge in [-0.05, 0) is 40.5 Å². The van der Waals surface area contributed by atoms with E-state index in [0.29, 0.717) is 0 Å². The summed E-state index contributed by atoms with van der Waals surface area (Å²) in [6.45, 7) is 1.70. The predicted octanol–water partition coefficient (Wildman–Crippen LogP) is 3.16. The number of alkyl halides is 1. The van der Waals surface area contributed by atoms with Gasteiger partial charge in [-0.2, -0.15) is 0 Å². The van der Waals surface area contributed by atoms with Crippen molar-refractivity contribution in [1.29, 1.82) is 0 Å². The molecule has 5 heteroatoms. The monoisotopic (exact) mass is 278 g/mol. The third kappa shape index (κ3) is 2.99. The molecule has 0 aliphatic carbocycles. The Bertz CT molecular complexity index is 368. The molecule has 0 saturated carbocycles. The van der Waals surface area contributed by atoms with Crippen LogP contribution in [0.15, 0.2) is 22.7 Å². The van der Waals surface area contributed by atoms with E-state index in [4.69, 9.17) is 0 Å². The van der Waals surface area contributed by atoms with Gasteiger partial charge in [-0.25, -0.2) is 13.6 Å². The van der Waals surface area contributed by atoms with Crippen LogP contribution in [-0.2, 0) is 9.53 Å². The van der Waals surface area contributed by atoms with Crippen molar-refractivity contribution in [2.24, 2.45) is 0 Å². The van der Waals surface area contributed by atoms with E-state index in [1.807, 2.05) is 0 Å². The Morgan fingerprint density at radius 2 is 2.27 bits per heavy atom. The molecule has 1 atom stereocenters. The molecule has 1 aromatic rings. The van der Waals surface area contributed by atoms with Crippen molar-refractivity contribution in [2.45, 2.75) is 13.1 Å². The zero-order valence-electron chi connectivity index (χ0n) is 7.97. The molecule has 0 bridgehead atoms. The maximum Gasteiger partial charge on any atom is 0.345 e. The number of hydrogen-bond donors (Lipinski definition) is 0. The van der Waals surface area contributed by atoms with Crippen molar-refractivity contribution in [1.82, 2.24) is 0 Å². The van der Waals surface area contributed by atoms with Crippen LogP contribution >= 0.6 is 15.9 Å². The number of carbonyl (C=O) groups excluding carboxylic acids is 1. The topological polar surface area (TPSA) is 26.3 Å². The van der Waals surface area contributed by atoms with Crippen LogP contribution in [0.2, 0.25) is 0 Å². The predicted molar refractivity (Wildman–Crippen MR) is 54.6 cm³/mol. The van der Waals surface area contributed by atoms with Crippen LogP contribution in [0, 0.1) is 5.82 Å². The van der Waals surface area contributed by atoms with Gasteiger partial charge in [0, 0.05) is 0 Å². The lowest BCUT2D eigenvalue weighted by Gasteiger charge is -2.08. The molecule has 0 aliphatic heterocycles. The fourth-order valence-electron chi connectivity index (χ4n) is 1.02. The van der Waals surface area contributed by atoms with Gasteiger partial charge in [-0.1, -0.05) is 6.07 Å². The Kier molecular flexibility index (Phi) is 4.20. The minimum atomic E-state index is -1.87. The molecule has 0 heterocycles. The third-order valence-electron chi connectivity index (χ3n) is 1.73. The molecule has 0 N–H and O–H groups in total. The second kappa shape index (κ2) is 5.21. The Morgan fingerprint density at radius 3 is 2.80 bits per heavy atom. The SMILES string of the molecule is CCOC(=O)C(F)c1ccc(F)c(Br)c1. The molecule has 1 rings (SSSR count). The number of benzene rings is 1. The molecule has 2 nitrogen and oxygen atoms in total. The van der Waals surface area contributed by atoms with Gasteiger partial charge in [0.05, 0.1) is 11.1 Å². The Morgan fingerprint density at radius 1 is 1.60 bits per heavy atom. The normalized spacial score (nSPS) is 12.3. The van der Waals surface area contributed by atoms with Gasteiger partial charge in [0.15, 0.2) is 0 Å². The summed E-state index contributed by atoms with van der Waals surface area (Å²) in [6.07, 6.45) is -1.87. The highest BCUT2D eigenvalue weighted by molar-refractivity contribution is 9.10. The van der Waals surface area contributed by atoms with Gasteiger partial charge < -0.3 is 4.74 Å². The van der Waals surface area contributed by atoms with Crippen molar-refractivity contribution in [3.8, 4) is 0 Å². The smallest absolute Gasteiger partial charge is 0.345 e. The summed E-state index contributed by atoms with van der Waals surface area (Å²) >= 11 is 2.91. The van der Waals surface area contributed by atoms with Crippen molar-refractivity contribution < 1.29 is 18.3 Å². The molecule has 0 spiro atoms. The molecular formula is C10H9BrF2O2. The number of ether oxygens (including phenoxy) is 1.